The van der Waals surface area contributed by atoms with Crippen molar-refractivity contribution >= 4 is 0 Å². The van der Waals surface area contributed by atoms with Crippen molar-refractivity contribution in [2.24, 2.45) is 0 Å². The highest BCUT2D eigenvalue weighted by Gasteiger charge is 2.01. The average molecular weight is 200 g/mol. The molecule has 2 heteroatoms. The molecule has 0 saturated heterocycles. The highest BCUT2D eigenvalue weighted by Crippen LogP contribution is 2.07. The molecule has 0 amide bonds. The number of hydrogen-bond donors (Lipinski definition) is 0. The molecule has 1 heterocycles. The number of hydrogen-bond acceptors (Lipinski definition) is 1. The molecule has 0 bridgehead atoms. The van der Waals surface area contributed by atoms with E-state index in [1.807, 2.05) is 13.3 Å². The van der Waals surface area contributed by atoms with Gasteiger partial charge in [0.15, 0.2) is 0 Å². The maximum atomic E-state index is 4.29. The van der Waals surface area contributed by atoms with Gasteiger partial charge in [-0.3, -0.25) is 0 Å². The van der Waals surface area contributed by atoms with Crippen molar-refractivity contribution in [2.45, 2.75) is 26.8 Å². The Kier molecular flexibility index (Phi) is 2.86. The number of rotatable bonds is 3. The molecule has 0 N–H and O–H groups in total. The summed E-state index contributed by atoms with van der Waals surface area (Å²) in [5, 5.41) is 0. The number of aromatic nitrogens is 2. The van der Waals surface area contributed by atoms with Gasteiger partial charge in [-0.1, -0.05) is 30.3 Å². The number of benzene rings is 1. The molecule has 0 radical (unpaired) electrons. The van der Waals surface area contributed by atoms with Gasteiger partial charge in [0.05, 0.1) is 12.0 Å². The molecule has 15 heavy (non-hydrogen) atoms. The molecule has 1 aromatic carbocycles. The lowest BCUT2D eigenvalue weighted by atomic mass is 10.1. The second-order valence-electron chi connectivity index (χ2n) is 3.84. The molecule has 0 fully saturated rings. The van der Waals surface area contributed by atoms with Crippen LogP contribution in [0.4, 0.5) is 0 Å². The highest BCUT2D eigenvalue weighted by molar-refractivity contribution is 5.15. The van der Waals surface area contributed by atoms with Crippen molar-refractivity contribution in [1.29, 1.82) is 0 Å². The van der Waals surface area contributed by atoms with Crippen LogP contribution in [0.25, 0.3) is 0 Å². The lowest BCUT2D eigenvalue weighted by molar-refractivity contribution is 0.677. The van der Waals surface area contributed by atoms with Crippen LogP contribution in [0, 0.1) is 13.8 Å². The predicted octanol–water partition coefficient (Wildman–Crippen LogP) is 2.74. The van der Waals surface area contributed by atoms with Crippen LogP contribution < -0.4 is 0 Å². The first-order chi connectivity index (χ1) is 7.27. The van der Waals surface area contributed by atoms with Gasteiger partial charge in [-0.25, -0.2) is 4.98 Å². The third-order valence-corrected chi connectivity index (χ3v) is 2.83. The van der Waals surface area contributed by atoms with Crippen molar-refractivity contribution < 1.29 is 0 Å². The summed E-state index contributed by atoms with van der Waals surface area (Å²) in [7, 11) is 0. The Hall–Kier alpha value is -1.57. The molecule has 0 aliphatic rings. The van der Waals surface area contributed by atoms with E-state index in [0.29, 0.717) is 0 Å². The summed E-state index contributed by atoms with van der Waals surface area (Å²) >= 11 is 0. The van der Waals surface area contributed by atoms with Crippen molar-refractivity contribution in [3.8, 4) is 0 Å². The summed E-state index contributed by atoms with van der Waals surface area (Å²) in [6, 6.07) is 10.6. The molecule has 1 aromatic heterocycles. The molecule has 0 aliphatic heterocycles. The molecule has 0 saturated carbocycles. The lowest BCUT2D eigenvalue weighted by Gasteiger charge is -2.05. The normalized spacial score (nSPS) is 10.5. The van der Waals surface area contributed by atoms with Gasteiger partial charge in [-0.15, -0.1) is 0 Å². The zero-order chi connectivity index (χ0) is 10.7. The molecular formula is C13H16N2. The van der Waals surface area contributed by atoms with Crippen LogP contribution in [0.1, 0.15) is 17.0 Å². The molecule has 0 spiro atoms. The van der Waals surface area contributed by atoms with Crippen LogP contribution in [-0.4, -0.2) is 9.55 Å². The Bertz CT molecular complexity index is 429. The molecule has 2 rings (SSSR count). The fourth-order valence-electron chi connectivity index (χ4n) is 1.66. The van der Waals surface area contributed by atoms with Gasteiger partial charge in [0.1, 0.15) is 0 Å². The van der Waals surface area contributed by atoms with Crippen molar-refractivity contribution in [3.05, 3.63) is 53.6 Å². The first kappa shape index (κ1) is 9.97. The van der Waals surface area contributed by atoms with E-state index in [1.165, 1.54) is 11.3 Å². The van der Waals surface area contributed by atoms with Gasteiger partial charge in [-0.2, -0.15) is 0 Å². The Labute approximate surface area is 90.6 Å². The third kappa shape index (κ3) is 2.27. The van der Waals surface area contributed by atoms with Gasteiger partial charge in [0.2, 0.25) is 0 Å². The zero-order valence-electron chi connectivity index (χ0n) is 9.27. The summed E-state index contributed by atoms with van der Waals surface area (Å²) in [6.45, 7) is 5.18. The van der Waals surface area contributed by atoms with Gasteiger partial charge in [0, 0.05) is 12.2 Å². The predicted molar refractivity (Wildman–Crippen MR) is 61.8 cm³/mol. The maximum Gasteiger partial charge on any atom is 0.0951 e. The fourth-order valence-corrected chi connectivity index (χ4v) is 1.66. The fraction of sp³-hybridized carbons (Fsp3) is 0.308. The molecular weight excluding hydrogens is 184 g/mol. The minimum absolute atomic E-state index is 1.01. The van der Waals surface area contributed by atoms with E-state index < -0.39 is 0 Å². The van der Waals surface area contributed by atoms with Crippen molar-refractivity contribution in [1.82, 2.24) is 9.55 Å². The van der Waals surface area contributed by atoms with Crippen LogP contribution in [0.3, 0.4) is 0 Å². The van der Waals surface area contributed by atoms with Gasteiger partial charge < -0.3 is 4.57 Å². The maximum absolute atomic E-state index is 4.29. The van der Waals surface area contributed by atoms with Crippen LogP contribution in [0.5, 0.6) is 0 Å². The van der Waals surface area contributed by atoms with Crippen LogP contribution in [0.15, 0.2) is 36.7 Å². The summed E-state index contributed by atoms with van der Waals surface area (Å²) in [4.78, 5) is 4.29. The molecule has 2 nitrogen and oxygen atoms in total. The second kappa shape index (κ2) is 4.30. The summed E-state index contributed by atoms with van der Waals surface area (Å²) < 4.78 is 2.21. The minimum atomic E-state index is 1.01. The quantitative estimate of drug-likeness (QED) is 0.745. The van der Waals surface area contributed by atoms with Crippen LogP contribution in [-0.2, 0) is 13.0 Å². The highest BCUT2D eigenvalue weighted by atomic mass is 15.0. The first-order valence-electron chi connectivity index (χ1n) is 5.29. The van der Waals surface area contributed by atoms with Crippen LogP contribution in [0.2, 0.25) is 0 Å². The largest absolute Gasteiger partial charge is 0.334 e. The van der Waals surface area contributed by atoms with E-state index in [9.17, 15) is 0 Å². The Balaban J connectivity index is 2.02. The number of aryl methyl sites for hydroxylation is 3. The topological polar surface area (TPSA) is 17.8 Å². The van der Waals surface area contributed by atoms with Crippen molar-refractivity contribution in [3.63, 3.8) is 0 Å². The molecule has 2 aromatic rings. The van der Waals surface area contributed by atoms with Gasteiger partial charge in [-0.05, 0) is 25.8 Å². The monoisotopic (exact) mass is 200 g/mol. The minimum Gasteiger partial charge on any atom is -0.334 e. The standard InChI is InChI=1S/C13H16N2/c1-11-12(2)15(10-14-11)9-8-13-6-4-3-5-7-13/h3-7,10H,8-9H2,1-2H3. The average Bonchev–Trinajstić information content (AvgIpc) is 2.59. The summed E-state index contributed by atoms with van der Waals surface area (Å²) in [6.07, 6.45) is 2.99. The number of imidazole rings is 1. The number of nitrogens with zero attached hydrogens (tertiary/aromatic N) is 2. The van der Waals surface area contributed by atoms with E-state index in [1.54, 1.807) is 0 Å². The molecule has 0 aliphatic carbocycles. The molecule has 0 unspecified atom stereocenters. The second-order valence-corrected chi connectivity index (χ2v) is 3.84. The Morgan fingerprint density at radius 3 is 2.47 bits per heavy atom. The third-order valence-electron chi connectivity index (χ3n) is 2.83. The van der Waals surface area contributed by atoms with E-state index in [0.717, 1.165) is 18.7 Å². The van der Waals surface area contributed by atoms with Crippen molar-refractivity contribution in [2.75, 3.05) is 0 Å². The lowest BCUT2D eigenvalue weighted by Crippen LogP contribution is -2.02. The van der Waals surface area contributed by atoms with Gasteiger partial charge in [0.25, 0.3) is 0 Å². The van der Waals surface area contributed by atoms with Crippen LogP contribution >= 0.6 is 0 Å². The van der Waals surface area contributed by atoms with E-state index in [-0.39, 0.29) is 0 Å². The SMILES string of the molecule is Cc1ncn(CCc2ccccc2)c1C. The van der Waals surface area contributed by atoms with E-state index in [4.69, 9.17) is 0 Å². The first-order valence-corrected chi connectivity index (χ1v) is 5.29. The smallest absolute Gasteiger partial charge is 0.0951 e. The zero-order valence-corrected chi connectivity index (χ0v) is 9.27. The molecule has 0 atom stereocenters. The van der Waals surface area contributed by atoms with E-state index in [2.05, 4.69) is 46.8 Å². The summed E-state index contributed by atoms with van der Waals surface area (Å²) in [5.74, 6) is 0. The summed E-state index contributed by atoms with van der Waals surface area (Å²) in [5.41, 5.74) is 3.78. The Morgan fingerprint density at radius 1 is 1.13 bits per heavy atom. The van der Waals surface area contributed by atoms with E-state index >= 15 is 0 Å². The van der Waals surface area contributed by atoms with Gasteiger partial charge >= 0.3 is 0 Å². The molecule has 78 valence electrons. The Morgan fingerprint density at radius 2 is 1.87 bits per heavy atom.